The summed E-state index contributed by atoms with van der Waals surface area (Å²) in [5, 5.41) is 0. The van der Waals surface area contributed by atoms with E-state index in [0.29, 0.717) is 17.2 Å². The van der Waals surface area contributed by atoms with Gasteiger partial charge in [-0.05, 0) is 24.5 Å². The Bertz CT molecular complexity index is 449. The third kappa shape index (κ3) is 1.27. The molecule has 1 aromatic rings. The molecule has 2 aliphatic rings. The van der Waals surface area contributed by atoms with Gasteiger partial charge in [-0.25, -0.2) is 0 Å². The summed E-state index contributed by atoms with van der Waals surface area (Å²) in [6.45, 7) is 0.720. The van der Waals surface area contributed by atoms with Gasteiger partial charge in [-0.2, -0.15) is 0 Å². The minimum absolute atomic E-state index is 0.0937. The van der Waals surface area contributed by atoms with Crippen molar-refractivity contribution in [2.45, 2.75) is 25.4 Å². The Hall–Kier alpha value is -1.64. The normalized spacial score (nSPS) is 19.2. The van der Waals surface area contributed by atoms with Gasteiger partial charge in [-0.1, -0.05) is 12.1 Å². The second kappa shape index (κ2) is 2.92. The lowest BCUT2D eigenvalue weighted by atomic mass is 10.1. The molecule has 1 heterocycles. The van der Waals surface area contributed by atoms with Crippen LogP contribution >= 0.6 is 0 Å². The van der Waals surface area contributed by atoms with Crippen LogP contribution in [0.4, 0.5) is 0 Å². The Balaban J connectivity index is 2.00. The third-order valence-corrected chi connectivity index (χ3v) is 3.09. The van der Waals surface area contributed by atoms with E-state index in [-0.39, 0.29) is 5.91 Å². The maximum atomic E-state index is 12.0. The predicted octanol–water partition coefficient (Wildman–Crippen LogP) is 1.62. The zero-order valence-electron chi connectivity index (χ0n) is 8.27. The number of amides is 1. The lowest BCUT2D eigenvalue weighted by Gasteiger charge is -2.13. The summed E-state index contributed by atoms with van der Waals surface area (Å²) in [6.07, 6.45) is 3.04. The molecule has 0 N–H and O–H groups in total. The number of aldehydes is 1. The van der Waals surface area contributed by atoms with Gasteiger partial charge < -0.3 is 4.90 Å². The first-order valence-corrected chi connectivity index (χ1v) is 5.18. The van der Waals surface area contributed by atoms with Crippen molar-refractivity contribution >= 4 is 12.2 Å². The first-order chi connectivity index (χ1) is 7.29. The largest absolute Gasteiger partial charge is 0.331 e. The minimum Gasteiger partial charge on any atom is -0.331 e. The Morgan fingerprint density at radius 1 is 1.33 bits per heavy atom. The Morgan fingerprint density at radius 3 is 2.80 bits per heavy atom. The highest BCUT2D eigenvalue weighted by Crippen LogP contribution is 2.34. The maximum Gasteiger partial charge on any atom is 0.254 e. The van der Waals surface area contributed by atoms with E-state index >= 15 is 0 Å². The molecule has 1 aliphatic heterocycles. The number of carbonyl (C=O) groups excluding carboxylic acids is 2. The van der Waals surface area contributed by atoms with Crippen LogP contribution in [0.1, 0.15) is 39.1 Å². The van der Waals surface area contributed by atoms with Crippen LogP contribution in [0.15, 0.2) is 18.2 Å². The monoisotopic (exact) mass is 201 g/mol. The highest BCUT2D eigenvalue weighted by Gasteiger charge is 2.38. The number of benzene rings is 1. The van der Waals surface area contributed by atoms with E-state index in [1.807, 2.05) is 11.0 Å². The van der Waals surface area contributed by atoms with Crippen LogP contribution in [-0.4, -0.2) is 23.1 Å². The zero-order chi connectivity index (χ0) is 10.4. The summed E-state index contributed by atoms with van der Waals surface area (Å²) in [5.41, 5.74) is 2.35. The molecule has 1 amide bonds. The van der Waals surface area contributed by atoms with Crippen LogP contribution < -0.4 is 0 Å². The van der Waals surface area contributed by atoms with Crippen LogP contribution in [0.5, 0.6) is 0 Å². The van der Waals surface area contributed by atoms with Crippen molar-refractivity contribution in [1.29, 1.82) is 0 Å². The Labute approximate surface area is 87.7 Å². The van der Waals surface area contributed by atoms with Gasteiger partial charge in [0, 0.05) is 23.7 Å². The summed E-state index contributed by atoms with van der Waals surface area (Å²) in [7, 11) is 0. The quantitative estimate of drug-likeness (QED) is 0.682. The van der Waals surface area contributed by atoms with E-state index in [2.05, 4.69) is 0 Å². The number of hydrogen-bond acceptors (Lipinski definition) is 2. The SMILES string of the molecule is O=Cc1ccc2c(c1)C(=O)N(C1CC1)C2. The van der Waals surface area contributed by atoms with Crippen molar-refractivity contribution in [2.24, 2.45) is 0 Å². The van der Waals surface area contributed by atoms with E-state index < -0.39 is 0 Å². The van der Waals surface area contributed by atoms with Gasteiger partial charge in [0.2, 0.25) is 0 Å². The molecule has 3 rings (SSSR count). The summed E-state index contributed by atoms with van der Waals surface area (Å²) < 4.78 is 0. The highest BCUT2D eigenvalue weighted by atomic mass is 16.2. The molecule has 1 saturated carbocycles. The molecule has 0 unspecified atom stereocenters. The van der Waals surface area contributed by atoms with E-state index in [4.69, 9.17) is 0 Å². The standard InChI is InChI=1S/C12H11NO2/c14-7-8-1-2-9-6-13(10-3-4-10)12(15)11(9)5-8/h1-2,5,7,10H,3-4,6H2. The molecule has 0 spiro atoms. The predicted molar refractivity (Wildman–Crippen MR) is 54.7 cm³/mol. The number of carbonyl (C=O) groups is 2. The van der Waals surface area contributed by atoms with Crippen LogP contribution in [0, 0.1) is 0 Å². The van der Waals surface area contributed by atoms with Gasteiger partial charge in [-0.15, -0.1) is 0 Å². The summed E-state index contributed by atoms with van der Waals surface area (Å²) in [6, 6.07) is 5.81. The molecule has 0 radical (unpaired) electrons. The zero-order valence-corrected chi connectivity index (χ0v) is 8.27. The third-order valence-electron chi connectivity index (χ3n) is 3.09. The average Bonchev–Trinajstić information content (AvgIpc) is 3.05. The van der Waals surface area contributed by atoms with E-state index in [1.54, 1.807) is 12.1 Å². The van der Waals surface area contributed by atoms with Gasteiger partial charge in [-0.3, -0.25) is 9.59 Å². The van der Waals surface area contributed by atoms with Crippen LogP contribution in [0.2, 0.25) is 0 Å². The van der Waals surface area contributed by atoms with Crippen LogP contribution in [-0.2, 0) is 6.54 Å². The number of fused-ring (bicyclic) bond motifs is 1. The average molecular weight is 201 g/mol. The molecule has 3 nitrogen and oxygen atoms in total. The second-order valence-electron chi connectivity index (χ2n) is 4.20. The molecule has 3 heteroatoms. The summed E-state index contributed by atoms with van der Waals surface area (Å²) >= 11 is 0. The maximum absolute atomic E-state index is 12.0. The number of nitrogens with zero attached hydrogens (tertiary/aromatic N) is 1. The van der Waals surface area contributed by atoms with Crippen molar-refractivity contribution in [3.8, 4) is 0 Å². The fourth-order valence-corrected chi connectivity index (χ4v) is 2.10. The van der Waals surface area contributed by atoms with Gasteiger partial charge in [0.1, 0.15) is 6.29 Å². The Kier molecular flexibility index (Phi) is 1.69. The van der Waals surface area contributed by atoms with Crippen molar-refractivity contribution in [3.05, 3.63) is 34.9 Å². The molecule has 0 saturated heterocycles. The van der Waals surface area contributed by atoms with Gasteiger partial charge >= 0.3 is 0 Å². The van der Waals surface area contributed by atoms with Gasteiger partial charge in [0.05, 0.1) is 0 Å². The smallest absolute Gasteiger partial charge is 0.254 e. The molecule has 0 atom stereocenters. The lowest BCUT2D eigenvalue weighted by Crippen LogP contribution is -2.25. The van der Waals surface area contributed by atoms with E-state index in [1.165, 1.54) is 0 Å². The summed E-state index contributed by atoms with van der Waals surface area (Å²) in [4.78, 5) is 24.5. The van der Waals surface area contributed by atoms with E-state index in [0.717, 1.165) is 31.2 Å². The van der Waals surface area contributed by atoms with Crippen molar-refractivity contribution < 1.29 is 9.59 Å². The lowest BCUT2D eigenvalue weighted by molar-refractivity contribution is 0.0766. The molecule has 1 aromatic carbocycles. The molecule has 15 heavy (non-hydrogen) atoms. The molecule has 0 aromatic heterocycles. The highest BCUT2D eigenvalue weighted by molar-refractivity contribution is 6.00. The molecule has 0 bridgehead atoms. The van der Waals surface area contributed by atoms with Gasteiger partial charge in [0.25, 0.3) is 5.91 Å². The van der Waals surface area contributed by atoms with Gasteiger partial charge in [0.15, 0.2) is 0 Å². The topological polar surface area (TPSA) is 37.4 Å². The van der Waals surface area contributed by atoms with Crippen LogP contribution in [0.3, 0.4) is 0 Å². The van der Waals surface area contributed by atoms with Crippen molar-refractivity contribution in [1.82, 2.24) is 4.90 Å². The first-order valence-electron chi connectivity index (χ1n) is 5.18. The van der Waals surface area contributed by atoms with Crippen LogP contribution in [0.25, 0.3) is 0 Å². The summed E-state index contributed by atoms with van der Waals surface area (Å²) in [5.74, 6) is 0.0937. The minimum atomic E-state index is 0.0937. The Morgan fingerprint density at radius 2 is 2.13 bits per heavy atom. The molecule has 1 fully saturated rings. The van der Waals surface area contributed by atoms with Crippen molar-refractivity contribution in [3.63, 3.8) is 0 Å². The molecular formula is C12H11NO2. The molecule has 76 valence electrons. The number of hydrogen-bond donors (Lipinski definition) is 0. The first kappa shape index (κ1) is 8.65. The second-order valence-corrected chi connectivity index (χ2v) is 4.20. The number of rotatable bonds is 2. The fourth-order valence-electron chi connectivity index (χ4n) is 2.10. The molecule has 1 aliphatic carbocycles. The van der Waals surface area contributed by atoms with Crippen molar-refractivity contribution in [2.75, 3.05) is 0 Å². The fraction of sp³-hybridized carbons (Fsp3) is 0.333. The molecular weight excluding hydrogens is 190 g/mol. The van der Waals surface area contributed by atoms with E-state index in [9.17, 15) is 9.59 Å².